The summed E-state index contributed by atoms with van der Waals surface area (Å²) in [6.07, 6.45) is 13.0. The predicted molar refractivity (Wildman–Crippen MR) is 70.4 cm³/mol. The molecule has 0 bridgehead atoms. The first-order valence-corrected chi connectivity index (χ1v) is 7.04. The first-order valence-electron chi connectivity index (χ1n) is 7.04. The van der Waals surface area contributed by atoms with E-state index in [-0.39, 0.29) is 12.1 Å². The maximum atomic E-state index is 5.76. The van der Waals surface area contributed by atoms with Crippen molar-refractivity contribution in [2.45, 2.75) is 63.5 Å². The zero-order chi connectivity index (χ0) is 12.1. The van der Waals surface area contributed by atoms with Gasteiger partial charge in [-0.05, 0) is 44.4 Å². The number of hydrazine groups is 1. The molecule has 17 heavy (non-hydrogen) atoms. The van der Waals surface area contributed by atoms with Crippen molar-refractivity contribution in [3.05, 3.63) is 11.6 Å². The van der Waals surface area contributed by atoms with Gasteiger partial charge in [-0.25, -0.2) is 0 Å². The second kappa shape index (κ2) is 6.53. The molecule has 2 rings (SSSR count). The van der Waals surface area contributed by atoms with Gasteiger partial charge in [0.25, 0.3) is 0 Å². The van der Waals surface area contributed by atoms with Crippen molar-refractivity contribution in [1.29, 1.82) is 0 Å². The number of nitrogens with one attached hydrogen (secondary N) is 1. The molecule has 0 saturated heterocycles. The minimum Gasteiger partial charge on any atom is -0.379 e. The lowest BCUT2D eigenvalue weighted by Gasteiger charge is -2.28. The highest BCUT2D eigenvalue weighted by Gasteiger charge is 2.37. The highest BCUT2D eigenvalue weighted by Crippen LogP contribution is 2.37. The van der Waals surface area contributed by atoms with Crippen molar-refractivity contribution in [2.75, 3.05) is 7.11 Å². The minimum atomic E-state index is 0.227. The van der Waals surface area contributed by atoms with Crippen LogP contribution in [0.5, 0.6) is 0 Å². The summed E-state index contributed by atoms with van der Waals surface area (Å²) in [5, 5.41) is 0. The third-order valence-corrected chi connectivity index (χ3v) is 4.09. The fourth-order valence-electron chi connectivity index (χ4n) is 2.94. The molecular weight excluding hydrogens is 212 g/mol. The Balaban J connectivity index is 2.03. The van der Waals surface area contributed by atoms with Crippen LogP contribution in [0.3, 0.4) is 0 Å². The molecule has 0 heterocycles. The van der Waals surface area contributed by atoms with Crippen LogP contribution in [-0.2, 0) is 4.74 Å². The number of hydrogen-bond acceptors (Lipinski definition) is 3. The van der Waals surface area contributed by atoms with Crippen molar-refractivity contribution in [2.24, 2.45) is 11.8 Å². The Kier molecular flexibility index (Phi) is 5.01. The van der Waals surface area contributed by atoms with E-state index in [1.54, 1.807) is 0 Å². The Morgan fingerprint density at radius 1 is 1.29 bits per heavy atom. The molecule has 1 saturated carbocycles. The molecule has 98 valence electrons. The Morgan fingerprint density at radius 3 is 2.71 bits per heavy atom. The van der Waals surface area contributed by atoms with Gasteiger partial charge in [-0.15, -0.1) is 0 Å². The van der Waals surface area contributed by atoms with Crippen molar-refractivity contribution in [3.8, 4) is 0 Å². The Hall–Kier alpha value is -0.380. The maximum absolute atomic E-state index is 5.76. The van der Waals surface area contributed by atoms with Crippen LogP contribution >= 0.6 is 0 Å². The van der Waals surface area contributed by atoms with Gasteiger partial charge in [-0.2, -0.15) is 0 Å². The molecule has 2 aliphatic rings. The highest BCUT2D eigenvalue weighted by molar-refractivity contribution is 5.15. The average molecular weight is 238 g/mol. The molecule has 3 N–H and O–H groups in total. The number of rotatable bonds is 5. The van der Waals surface area contributed by atoms with Crippen LogP contribution in [0.4, 0.5) is 0 Å². The summed E-state index contributed by atoms with van der Waals surface area (Å²) in [6.45, 7) is 0. The molecule has 2 unspecified atom stereocenters. The zero-order valence-electron chi connectivity index (χ0n) is 11.0. The Bertz CT molecular complexity index is 261. The van der Waals surface area contributed by atoms with Gasteiger partial charge in [-0.1, -0.05) is 24.5 Å². The van der Waals surface area contributed by atoms with E-state index in [1.807, 2.05) is 7.11 Å². The normalized spacial score (nSPS) is 25.6. The molecule has 2 atom stereocenters. The van der Waals surface area contributed by atoms with Gasteiger partial charge in [0.05, 0.1) is 12.1 Å². The smallest absolute Gasteiger partial charge is 0.0803 e. The van der Waals surface area contributed by atoms with E-state index in [4.69, 9.17) is 10.6 Å². The molecule has 2 aliphatic carbocycles. The van der Waals surface area contributed by atoms with E-state index < -0.39 is 0 Å². The Labute approximate surface area is 105 Å². The summed E-state index contributed by atoms with van der Waals surface area (Å²) in [5.41, 5.74) is 4.48. The minimum absolute atomic E-state index is 0.227. The van der Waals surface area contributed by atoms with Crippen molar-refractivity contribution in [3.63, 3.8) is 0 Å². The first kappa shape index (κ1) is 13.1. The van der Waals surface area contributed by atoms with Gasteiger partial charge in [0.15, 0.2) is 0 Å². The molecule has 3 nitrogen and oxygen atoms in total. The van der Waals surface area contributed by atoms with E-state index in [2.05, 4.69) is 11.5 Å². The van der Waals surface area contributed by atoms with E-state index in [0.717, 1.165) is 0 Å². The number of ether oxygens (including phenoxy) is 1. The van der Waals surface area contributed by atoms with E-state index >= 15 is 0 Å². The lowest BCUT2D eigenvalue weighted by Crippen LogP contribution is -2.47. The number of allylic oxidation sites excluding steroid dienone is 1. The summed E-state index contributed by atoms with van der Waals surface area (Å²) in [5.74, 6) is 6.48. The number of hydrogen-bond donors (Lipinski definition) is 2. The fraction of sp³-hybridized carbons (Fsp3) is 0.857. The largest absolute Gasteiger partial charge is 0.379 e. The quantitative estimate of drug-likeness (QED) is 0.439. The van der Waals surface area contributed by atoms with Crippen LogP contribution in [0.1, 0.15) is 51.4 Å². The van der Waals surface area contributed by atoms with Gasteiger partial charge in [-0.3, -0.25) is 11.3 Å². The van der Waals surface area contributed by atoms with Crippen LogP contribution in [0.25, 0.3) is 0 Å². The monoisotopic (exact) mass is 238 g/mol. The average Bonchev–Trinajstić information content (AvgIpc) is 3.10. The van der Waals surface area contributed by atoms with E-state index in [9.17, 15) is 0 Å². The molecule has 0 radical (unpaired) electrons. The lowest BCUT2D eigenvalue weighted by atomic mass is 9.91. The fourth-order valence-corrected chi connectivity index (χ4v) is 2.94. The van der Waals surface area contributed by atoms with Gasteiger partial charge < -0.3 is 4.74 Å². The zero-order valence-corrected chi connectivity index (χ0v) is 11.0. The second-order valence-electron chi connectivity index (χ2n) is 5.41. The standard InChI is InChI=1S/C14H26N2O/c1-17-14(12-9-10-12)13(16-15)11-7-5-3-2-4-6-8-11/h7,12-14,16H,2-6,8-10,15H2,1H3. The van der Waals surface area contributed by atoms with E-state index in [1.165, 1.54) is 56.9 Å². The molecule has 1 fully saturated rings. The van der Waals surface area contributed by atoms with Crippen LogP contribution in [0.15, 0.2) is 11.6 Å². The maximum Gasteiger partial charge on any atom is 0.0803 e. The van der Waals surface area contributed by atoms with Gasteiger partial charge in [0.2, 0.25) is 0 Å². The topological polar surface area (TPSA) is 47.3 Å². The molecule has 0 spiro atoms. The van der Waals surface area contributed by atoms with Gasteiger partial charge >= 0.3 is 0 Å². The third-order valence-electron chi connectivity index (χ3n) is 4.09. The van der Waals surface area contributed by atoms with Crippen molar-refractivity contribution >= 4 is 0 Å². The summed E-state index contributed by atoms with van der Waals surface area (Å²) in [7, 11) is 1.82. The molecule has 0 aromatic rings. The molecule has 0 amide bonds. The molecule has 0 aromatic heterocycles. The highest BCUT2D eigenvalue weighted by atomic mass is 16.5. The van der Waals surface area contributed by atoms with Gasteiger partial charge in [0, 0.05) is 7.11 Å². The van der Waals surface area contributed by atoms with Crippen LogP contribution < -0.4 is 11.3 Å². The summed E-state index contributed by atoms with van der Waals surface area (Å²) >= 11 is 0. The van der Waals surface area contributed by atoms with Crippen molar-refractivity contribution < 1.29 is 4.74 Å². The SMILES string of the molecule is COC(C1CC1)C(NN)C1=CCCCCCC1. The van der Waals surface area contributed by atoms with E-state index in [0.29, 0.717) is 5.92 Å². The Morgan fingerprint density at radius 2 is 2.06 bits per heavy atom. The van der Waals surface area contributed by atoms with Crippen LogP contribution in [0.2, 0.25) is 0 Å². The number of methoxy groups -OCH3 is 1. The first-order chi connectivity index (χ1) is 8.36. The summed E-state index contributed by atoms with van der Waals surface area (Å²) in [6, 6.07) is 0.227. The molecule has 3 heteroatoms. The van der Waals surface area contributed by atoms with Crippen LogP contribution in [-0.4, -0.2) is 19.3 Å². The summed E-state index contributed by atoms with van der Waals surface area (Å²) < 4.78 is 5.67. The van der Waals surface area contributed by atoms with Gasteiger partial charge in [0.1, 0.15) is 0 Å². The second-order valence-corrected chi connectivity index (χ2v) is 5.41. The predicted octanol–water partition coefficient (Wildman–Crippen LogP) is 2.52. The molecule has 0 aromatic carbocycles. The number of nitrogens with two attached hydrogens (primary N) is 1. The summed E-state index contributed by atoms with van der Waals surface area (Å²) in [4.78, 5) is 0. The van der Waals surface area contributed by atoms with Crippen LogP contribution in [0, 0.1) is 5.92 Å². The third kappa shape index (κ3) is 3.54. The van der Waals surface area contributed by atoms with Crippen molar-refractivity contribution in [1.82, 2.24) is 5.43 Å². The molecule has 0 aliphatic heterocycles. The lowest BCUT2D eigenvalue weighted by molar-refractivity contribution is 0.0601. The molecular formula is C14H26N2O.